The number of nitrogens with zero attached hydrogens (tertiary/aromatic N) is 1. The van der Waals surface area contributed by atoms with Crippen molar-refractivity contribution in [3.8, 4) is 0 Å². The third kappa shape index (κ3) is 11.2. The summed E-state index contributed by atoms with van der Waals surface area (Å²) < 4.78 is 14.4. The Labute approximate surface area is 240 Å². The monoisotopic (exact) mass is 558 g/mol. The normalized spacial score (nSPS) is 12.4. The van der Waals surface area contributed by atoms with Gasteiger partial charge in [0.05, 0.1) is 0 Å². The number of allylic oxidation sites excluding steroid dienone is 3. The predicted octanol–water partition coefficient (Wildman–Crippen LogP) is 11.9. The van der Waals surface area contributed by atoms with Crippen LogP contribution >= 0.6 is 23.2 Å². The van der Waals surface area contributed by atoms with Crippen molar-refractivity contribution in [3.63, 3.8) is 0 Å². The fourth-order valence-electron chi connectivity index (χ4n) is 3.96. The van der Waals surface area contributed by atoms with E-state index in [-0.39, 0.29) is 11.7 Å². The molecular formula is C33H45Cl2FN2. The summed E-state index contributed by atoms with van der Waals surface area (Å²) in [5.74, 6) is -0.353. The minimum absolute atomic E-state index is 0.0831. The molecule has 0 aliphatic heterocycles. The minimum atomic E-state index is -0.270. The highest BCUT2D eigenvalue weighted by molar-refractivity contribution is 6.31. The molecule has 2 aromatic carbocycles. The summed E-state index contributed by atoms with van der Waals surface area (Å²) >= 11 is 12.1. The maximum Gasteiger partial charge on any atom is 0.128 e. The number of aromatic nitrogens is 1. The lowest BCUT2D eigenvalue weighted by Gasteiger charge is -2.15. The standard InChI is InChI=1S/C20H20Cl2FN.C9H17N.C4H8/c1-3-4-5-16-17-10-13(21)7-9-19(17)24-20(16)12(2)15-8-6-14(22)11-18(15)23;1-5-7-9(4)10-8(3)6-2;1-4(2)3/h6-12,24H,3-5H2,1-2H3;7H,5-6H2,1-4H3;1H2,2-3H3/b;9-7+,10-8?;. The lowest BCUT2D eigenvalue weighted by molar-refractivity contribution is 0.600. The number of aliphatic imine (C=N–C) groups is 1. The molecule has 0 saturated carbocycles. The molecule has 1 atom stereocenters. The van der Waals surface area contributed by atoms with Gasteiger partial charge in [-0.25, -0.2) is 4.39 Å². The number of fused-ring (bicyclic) bond motifs is 1. The van der Waals surface area contributed by atoms with Gasteiger partial charge in [0, 0.05) is 44.0 Å². The van der Waals surface area contributed by atoms with Gasteiger partial charge in [-0.15, -0.1) is 6.58 Å². The third-order valence-electron chi connectivity index (χ3n) is 5.92. The number of aromatic amines is 1. The second-order valence-corrected chi connectivity index (χ2v) is 10.7. The molecule has 0 bridgehead atoms. The van der Waals surface area contributed by atoms with Gasteiger partial charge in [-0.1, -0.05) is 75.0 Å². The highest BCUT2D eigenvalue weighted by atomic mass is 35.5. The third-order valence-corrected chi connectivity index (χ3v) is 6.39. The van der Waals surface area contributed by atoms with Crippen molar-refractivity contribution in [2.24, 2.45) is 4.99 Å². The van der Waals surface area contributed by atoms with Crippen molar-refractivity contribution >= 4 is 39.8 Å². The van der Waals surface area contributed by atoms with E-state index < -0.39 is 0 Å². The number of benzene rings is 2. The zero-order valence-corrected chi connectivity index (χ0v) is 26.0. The molecule has 1 aromatic heterocycles. The molecule has 3 aromatic rings. The first-order chi connectivity index (χ1) is 17.9. The van der Waals surface area contributed by atoms with E-state index in [0.29, 0.717) is 10.6 Å². The van der Waals surface area contributed by atoms with Crippen molar-refractivity contribution in [1.82, 2.24) is 4.98 Å². The van der Waals surface area contributed by atoms with Crippen LogP contribution in [0.4, 0.5) is 4.39 Å². The van der Waals surface area contributed by atoms with E-state index in [1.807, 2.05) is 45.9 Å². The Bertz CT molecular complexity index is 1230. The number of hydrogen-bond acceptors (Lipinski definition) is 1. The number of nitrogens with one attached hydrogen (secondary N) is 1. The summed E-state index contributed by atoms with van der Waals surface area (Å²) in [6.07, 6.45) is 7.41. The molecule has 208 valence electrons. The van der Waals surface area contributed by atoms with Gasteiger partial charge in [-0.05, 0) is 94.8 Å². The Balaban J connectivity index is 0.000000431. The van der Waals surface area contributed by atoms with Crippen LogP contribution in [0, 0.1) is 5.82 Å². The Morgan fingerprint density at radius 1 is 1.03 bits per heavy atom. The van der Waals surface area contributed by atoms with Crippen LogP contribution in [0.25, 0.3) is 10.9 Å². The summed E-state index contributed by atoms with van der Waals surface area (Å²) in [6.45, 7) is 20.0. The molecule has 0 aliphatic carbocycles. The van der Waals surface area contributed by atoms with E-state index in [9.17, 15) is 4.39 Å². The Kier molecular flexibility index (Phi) is 15.3. The number of hydrogen-bond donors (Lipinski definition) is 1. The quantitative estimate of drug-likeness (QED) is 0.210. The molecule has 0 saturated heterocycles. The van der Waals surface area contributed by atoms with Crippen molar-refractivity contribution < 1.29 is 4.39 Å². The summed E-state index contributed by atoms with van der Waals surface area (Å²) in [5, 5.41) is 2.27. The van der Waals surface area contributed by atoms with Gasteiger partial charge >= 0.3 is 0 Å². The lowest BCUT2D eigenvalue weighted by Crippen LogP contribution is -2.03. The highest BCUT2D eigenvalue weighted by Gasteiger charge is 2.20. The second kappa shape index (κ2) is 17.3. The Hall–Kier alpha value is -2.36. The topological polar surface area (TPSA) is 28.1 Å². The number of rotatable bonds is 8. The smallest absolute Gasteiger partial charge is 0.128 e. The van der Waals surface area contributed by atoms with Crippen LogP contribution in [-0.2, 0) is 6.42 Å². The van der Waals surface area contributed by atoms with Gasteiger partial charge in [0.1, 0.15) is 5.82 Å². The molecule has 5 heteroatoms. The molecule has 38 heavy (non-hydrogen) atoms. The minimum Gasteiger partial charge on any atom is -0.358 e. The zero-order chi connectivity index (χ0) is 28.8. The first kappa shape index (κ1) is 33.7. The molecule has 0 aliphatic rings. The number of aryl methyl sites for hydroxylation is 1. The maximum atomic E-state index is 14.4. The van der Waals surface area contributed by atoms with Crippen molar-refractivity contribution in [3.05, 3.63) is 93.0 Å². The van der Waals surface area contributed by atoms with E-state index in [0.717, 1.165) is 59.4 Å². The van der Waals surface area contributed by atoms with Crippen molar-refractivity contribution in [2.45, 2.75) is 93.4 Å². The van der Waals surface area contributed by atoms with Gasteiger partial charge in [0.2, 0.25) is 0 Å². The highest BCUT2D eigenvalue weighted by Crippen LogP contribution is 2.35. The lowest BCUT2D eigenvalue weighted by atomic mass is 9.92. The molecule has 0 amide bonds. The van der Waals surface area contributed by atoms with Crippen LogP contribution < -0.4 is 0 Å². The van der Waals surface area contributed by atoms with Crippen molar-refractivity contribution in [1.29, 1.82) is 0 Å². The van der Waals surface area contributed by atoms with Gasteiger partial charge in [0.25, 0.3) is 0 Å². The van der Waals surface area contributed by atoms with Crippen LogP contribution in [0.5, 0.6) is 0 Å². The van der Waals surface area contributed by atoms with E-state index in [1.54, 1.807) is 12.1 Å². The van der Waals surface area contributed by atoms with Crippen molar-refractivity contribution in [2.75, 3.05) is 0 Å². The van der Waals surface area contributed by atoms with Crippen LogP contribution in [-0.4, -0.2) is 10.7 Å². The SMILES string of the molecule is C=C(C)C.CC/C=C(\C)N=C(C)CC.CCCCc1c(C(C)c2ccc(Cl)cc2F)[nH]c2ccc(Cl)cc12. The molecule has 1 N–H and O–H groups in total. The number of unbranched alkanes of at least 4 members (excludes halogenated alkanes) is 1. The molecule has 3 rings (SSSR count). The van der Waals surface area contributed by atoms with Crippen LogP contribution in [0.15, 0.2) is 65.3 Å². The Morgan fingerprint density at radius 2 is 1.63 bits per heavy atom. The molecule has 0 spiro atoms. The average Bonchev–Trinajstić information content (AvgIpc) is 3.20. The fraction of sp³-hybridized carbons (Fsp3) is 0.424. The van der Waals surface area contributed by atoms with Crippen LogP contribution in [0.3, 0.4) is 0 Å². The number of halogens is 3. The van der Waals surface area contributed by atoms with Gasteiger partial charge < -0.3 is 4.98 Å². The first-order valence-electron chi connectivity index (χ1n) is 13.5. The maximum absolute atomic E-state index is 14.4. The largest absolute Gasteiger partial charge is 0.358 e. The summed E-state index contributed by atoms with van der Waals surface area (Å²) in [6, 6.07) is 10.7. The average molecular weight is 560 g/mol. The van der Waals surface area contributed by atoms with E-state index in [2.05, 4.69) is 50.3 Å². The fourth-order valence-corrected chi connectivity index (χ4v) is 4.29. The summed E-state index contributed by atoms with van der Waals surface area (Å²) in [7, 11) is 0. The molecule has 1 unspecified atom stereocenters. The predicted molar refractivity (Wildman–Crippen MR) is 169 cm³/mol. The molecule has 1 heterocycles. The molecular weight excluding hydrogens is 514 g/mol. The molecule has 0 radical (unpaired) electrons. The number of H-pyrrole nitrogens is 1. The summed E-state index contributed by atoms with van der Waals surface area (Å²) in [4.78, 5) is 7.85. The van der Waals surface area contributed by atoms with Crippen LogP contribution in [0.2, 0.25) is 10.0 Å². The van der Waals surface area contributed by atoms with Crippen LogP contribution in [0.1, 0.15) is 104 Å². The first-order valence-corrected chi connectivity index (χ1v) is 14.3. The zero-order valence-electron chi connectivity index (χ0n) is 24.4. The van der Waals surface area contributed by atoms with Gasteiger partial charge in [0.15, 0.2) is 0 Å². The molecule has 0 fully saturated rings. The second-order valence-electron chi connectivity index (χ2n) is 9.86. The van der Waals surface area contributed by atoms with Gasteiger partial charge in [-0.3, -0.25) is 4.99 Å². The van der Waals surface area contributed by atoms with E-state index >= 15 is 0 Å². The summed E-state index contributed by atoms with van der Waals surface area (Å²) in [5.41, 5.74) is 7.50. The van der Waals surface area contributed by atoms with E-state index in [1.165, 1.54) is 22.9 Å². The Morgan fingerprint density at radius 3 is 2.18 bits per heavy atom. The molecule has 2 nitrogen and oxygen atoms in total. The van der Waals surface area contributed by atoms with Gasteiger partial charge in [-0.2, -0.15) is 0 Å². The van der Waals surface area contributed by atoms with E-state index in [4.69, 9.17) is 23.2 Å².